The highest BCUT2D eigenvalue weighted by atomic mass is 16.5. The van der Waals surface area contributed by atoms with Gasteiger partial charge in [0.1, 0.15) is 5.75 Å². The minimum Gasteiger partial charge on any atom is -0.484 e. The van der Waals surface area contributed by atoms with Crippen molar-refractivity contribution < 1.29 is 14.1 Å². The fourth-order valence-electron chi connectivity index (χ4n) is 3.36. The molecule has 0 radical (unpaired) electrons. The molecule has 2 aliphatic heterocycles. The standard InChI is InChI=1S/C18H23N5O3/c1-22-9-7-19-11-15(22)18-20-16(26-21-18)12-25-14-5-2-4-13(10-14)23-8-3-6-17(23)24/h2,4-5,10,15,19H,3,6-9,11-12H2,1H3. The average molecular weight is 357 g/mol. The minimum absolute atomic E-state index is 0.116. The van der Waals surface area contributed by atoms with Crippen LogP contribution < -0.4 is 15.0 Å². The maximum absolute atomic E-state index is 11.9. The molecule has 0 aliphatic carbocycles. The first-order valence-electron chi connectivity index (χ1n) is 8.97. The molecule has 0 bridgehead atoms. The molecule has 2 saturated heterocycles. The van der Waals surface area contributed by atoms with Crippen LogP contribution in [0.5, 0.6) is 5.75 Å². The Labute approximate surface area is 152 Å². The summed E-state index contributed by atoms with van der Waals surface area (Å²) in [6.07, 6.45) is 1.51. The number of nitrogens with one attached hydrogen (secondary N) is 1. The third-order valence-corrected chi connectivity index (χ3v) is 4.86. The average Bonchev–Trinajstić information content (AvgIpc) is 3.30. The first-order chi connectivity index (χ1) is 12.7. The maximum atomic E-state index is 11.9. The molecule has 1 aromatic heterocycles. The second-order valence-electron chi connectivity index (χ2n) is 6.68. The topological polar surface area (TPSA) is 83.7 Å². The number of amides is 1. The molecule has 1 unspecified atom stereocenters. The van der Waals surface area contributed by atoms with Crippen LogP contribution in [0.2, 0.25) is 0 Å². The molecule has 4 rings (SSSR count). The van der Waals surface area contributed by atoms with E-state index in [2.05, 4.69) is 27.4 Å². The Balaban J connectivity index is 1.39. The van der Waals surface area contributed by atoms with E-state index in [1.165, 1.54) is 0 Å². The van der Waals surface area contributed by atoms with E-state index < -0.39 is 0 Å². The number of carbonyl (C=O) groups is 1. The summed E-state index contributed by atoms with van der Waals surface area (Å²) in [7, 11) is 2.06. The zero-order valence-corrected chi connectivity index (χ0v) is 14.9. The zero-order chi connectivity index (χ0) is 17.9. The smallest absolute Gasteiger partial charge is 0.264 e. The molecule has 1 N–H and O–H groups in total. The van der Waals surface area contributed by atoms with Gasteiger partial charge in [-0.1, -0.05) is 11.2 Å². The summed E-state index contributed by atoms with van der Waals surface area (Å²) < 4.78 is 11.1. The molecule has 0 spiro atoms. The van der Waals surface area contributed by atoms with Gasteiger partial charge in [-0.2, -0.15) is 4.98 Å². The van der Waals surface area contributed by atoms with Gasteiger partial charge in [-0.25, -0.2) is 0 Å². The quantitative estimate of drug-likeness (QED) is 0.865. The normalized spacial score (nSPS) is 21.3. The number of hydrogen-bond donors (Lipinski definition) is 1. The number of anilines is 1. The largest absolute Gasteiger partial charge is 0.484 e. The number of piperazine rings is 1. The molecule has 1 amide bonds. The highest BCUT2D eigenvalue weighted by molar-refractivity contribution is 5.95. The lowest BCUT2D eigenvalue weighted by Crippen LogP contribution is -2.44. The first-order valence-corrected chi connectivity index (χ1v) is 8.97. The molecule has 26 heavy (non-hydrogen) atoms. The molecule has 8 nitrogen and oxygen atoms in total. The Bertz CT molecular complexity index is 778. The summed E-state index contributed by atoms with van der Waals surface area (Å²) in [5.74, 6) is 1.96. The Morgan fingerprint density at radius 3 is 3.12 bits per heavy atom. The summed E-state index contributed by atoms with van der Waals surface area (Å²) in [6, 6.07) is 7.66. The van der Waals surface area contributed by atoms with Crippen LogP contribution in [0, 0.1) is 0 Å². The van der Waals surface area contributed by atoms with E-state index in [1.54, 1.807) is 4.90 Å². The number of aromatic nitrogens is 2. The van der Waals surface area contributed by atoms with Crippen LogP contribution >= 0.6 is 0 Å². The van der Waals surface area contributed by atoms with Gasteiger partial charge in [0.15, 0.2) is 12.4 Å². The third-order valence-electron chi connectivity index (χ3n) is 4.86. The Kier molecular flexibility index (Phi) is 4.85. The van der Waals surface area contributed by atoms with Crippen molar-refractivity contribution >= 4 is 11.6 Å². The molecule has 2 fully saturated rings. The summed E-state index contributed by atoms with van der Waals surface area (Å²) in [4.78, 5) is 20.4. The van der Waals surface area contributed by atoms with Crippen LogP contribution in [0.25, 0.3) is 0 Å². The van der Waals surface area contributed by atoms with Crippen LogP contribution in [0.3, 0.4) is 0 Å². The van der Waals surface area contributed by atoms with E-state index in [-0.39, 0.29) is 18.6 Å². The second kappa shape index (κ2) is 7.43. The van der Waals surface area contributed by atoms with Crippen molar-refractivity contribution in [3.63, 3.8) is 0 Å². The molecule has 8 heteroatoms. The summed E-state index contributed by atoms with van der Waals surface area (Å²) >= 11 is 0. The van der Waals surface area contributed by atoms with E-state index in [9.17, 15) is 4.79 Å². The van der Waals surface area contributed by atoms with Crippen molar-refractivity contribution in [2.24, 2.45) is 0 Å². The first kappa shape index (κ1) is 17.0. The van der Waals surface area contributed by atoms with Crippen molar-refractivity contribution in [1.82, 2.24) is 20.4 Å². The summed E-state index contributed by atoms with van der Waals surface area (Å²) in [5.41, 5.74) is 0.867. The highest BCUT2D eigenvalue weighted by Crippen LogP contribution is 2.26. The lowest BCUT2D eigenvalue weighted by Gasteiger charge is -2.30. The minimum atomic E-state index is 0.116. The lowest BCUT2D eigenvalue weighted by atomic mass is 10.2. The number of rotatable bonds is 5. The van der Waals surface area contributed by atoms with Crippen LogP contribution in [0.4, 0.5) is 5.69 Å². The van der Waals surface area contributed by atoms with Gasteiger partial charge in [-0.3, -0.25) is 9.69 Å². The zero-order valence-electron chi connectivity index (χ0n) is 14.9. The van der Waals surface area contributed by atoms with E-state index in [1.807, 2.05) is 24.3 Å². The van der Waals surface area contributed by atoms with Crippen molar-refractivity contribution in [3.05, 3.63) is 36.0 Å². The van der Waals surface area contributed by atoms with Gasteiger partial charge in [-0.05, 0) is 25.6 Å². The van der Waals surface area contributed by atoms with Gasteiger partial charge < -0.3 is 19.5 Å². The van der Waals surface area contributed by atoms with Gasteiger partial charge in [0.25, 0.3) is 5.89 Å². The predicted molar refractivity (Wildman–Crippen MR) is 94.9 cm³/mol. The summed E-state index contributed by atoms with van der Waals surface area (Å²) in [5, 5.41) is 7.43. The summed E-state index contributed by atoms with van der Waals surface area (Å²) in [6.45, 7) is 3.69. The van der Waals surface area contributed by atoms with Gasteiger partial charge in [0, 0.05) is 44.4 Å². The molecule has 0 saturated carbocycles. The number of ether oxygens (including phenoxy) is 1. The van der Waals surface area contributed by atoms with E-state index in [0.717, 1.165) is 38.3 Å². The number of benzene rings is 1. The van der Waals surface area contributed by atoms with E-state index >= 15 is 0 Å². The van der Waals surface area contributed by atoms with Crippen LogP contribution in [0.1, 0.15) is 30.6 Å². The molecular weight excluding hydrogens is 334 g/mol. The Morgan fingerprint density at radius 2 is 2.31 bits per heavy atom. The van der Waals surface area contributed by atoms with Crippen molar-refractivity contribution in [2.45, 2.75) is 25.5 Å². The fourth-order valence-corrected chi connectivity index (χ4v) is 3.36. The van der Waals surface area contributed by atoms with E-state index in [0.29, 0.717) is 23.9 Å². The number of hydrogen-bond acceptors (Lipinski definition) is 7. The lowest BCUT2D eigenvalue weighted by molar-refractivity contribution is -0.117. The molecule has 1 aromatic carbocycles. The fraction of sp³-hybridized carbons (Fsp3) is 0.500. The van der Waals surface area contributed by atoms with Crippen molar-refractivity contribution in [2.75, 3.05) is 38.1 Å². The predicted octanol–water partition coefficient (Wildman–Crippen LogP) is 1.35. The number of likely N-dealkylation sites (N-methyl/N-ethyl adjacent to an activating group) is 1. The molecule has 138 valence electrons. The number of carbonyl (C=O) groups excluding carboxylic acids is 1. The Morgan fingerprint density at radius 1 is 1.38 bits per heavy atom. The number of nitrogens with zero attached hydrogens (tertiary/aromatic N) is 4. The van der Waals surface area contributed by atoms with Crippen LogP contribution in [-0.4, -0.2) is 54.2 Å². The van der Waals surface area contributed by atoms with Crippen molar-refractivity contribution in [3.8, 4) is 5.75 Å². The van der Waals surface area contributed by atoms with E-state index in [4.69, 9.17) is 9.26 Å². The molecule has 2 aliphatic rings. The molecule has 2 aromatic rings. The molecular formula is C18H23N5O3. The third kappa shape index (κ3) is 3.56. The Hall–Kier alpha value is -2.45. The maximum Gasteiger partial charge on any atom is 0.264 e. The van der Waals surface area contributed by atoms with Gasteiger partial charge >= 0.3 is 0 Å². The second-order valence-corrected chi connectivity index (χ2v) is 6.68. The molecule has 1 atom stereocenters. The SMILES string of the molecule is CN1CCNCC1c1noc(COc2cccc(N3CCCC3=O)c2)n1. The monoisotopic (exact) mass is 357 g/mol. The van der Waals surface area contributed by atoms with Crippen LogP contribution in [0.15, 0.2) is 28.8 Å². The van der Waals surface area contributed by atoms with Gasteiger partial charge in [0.05, 0.1) is 6.04 Å². The van der Waals surface area contributed by atoms with Gasteiger partial charge in [-0.15, -0.1) is 0 Å². The van der Waals surface area contributed by atoms with Crippen LogP contribution in [-0.2, 0) is 11.4 Å². The van der Waals surface area contributed by atoms with Gasteiger partial charge in [0.2, 0.25) is 5.91 Å². The highest BCUT2D eigenvalue weighted by Gasteiger charge is 2.25. The van der Waals surface area contributed by atoms with Crippen molar-refractivity contribution in [1.29, 1.82) is 0 Å². The molecule has 3 heterocycles.